The maximum atomic E-state index is 12.8. The summed E-state index contributed by atoms with van der Waals surface area (Å²) in [7, 11) is 0. The Morgan fingerprint density at radius 1 is 0.938 bits per heavy atom. The summed E-state index contributed by atoms with van der Waals surface area (Å²) >= 11 is 0. The molecule has 2 saturated heterocycles. The predicted molar refractivity (Wildman–Crippen MR) is 101 cm³/mol. The van der Waals surface area contributed by atoms with Crippen LogP contribution in [0.4, 0.5) is 4.79 Å². The average molecular weight is 464 g/mol. The largest absolute Gasteiger partial charge is 0.463 e. The van der Waals surface area contributed by atoms with Crippen LogP contribution in [0.25, 0.3) is 0 Å². The SMILES string of the molecule is CCOC(=O)C1=C([C@@H]2O[C@H](CO)[C@@H](O)[C@H]2O)NC(=O)N[C@H]1[C@@H]1O[C@H](CO)[C@@H](O)[C@H](O)[C@@H]1O. The molecule has 0 aromatic carbocycles. The molecular formula is C18H28N2O12. The van der Waals surface area contributed by atoms with E-state index in [1.165, 1.54) is 6.92 Å². The normalized spacial score (nSPS) is 42.4. The first-order valence-corrected chi connectivity index (χ1v) is 10.1. The highest BCUT2D eigenvalue weighted by Crippen LogP contribution is 2.33. The van der Waals surface area contributed by atoms with Gasteiger partial charge in [-0.25, -0.2) is 9.59 Å². The summed E-state index contributed by atoms with van der Waals surface area (Å²) in [5.41, 5.74) is -0.637. The van der Waals surface area contributed by atoms with Gasteiger partial charge in [0.05, 0.1) is 37.1 Å². The van der Waals surface area contributed by atoms with Gasteiger partial charge in [-0.05, 0) is 6.92 Å². The second-order valence-corrected chi connectivity index (χ2v) is 7.68. The van der Waals surface area contributed by atoms with Crippen LogP contribution in [0.1, 0.15) is 6.92 Å². The third-order valence-corrected chi connectivity index (χ3v) is 5.72. The number of aliphatic hydroxyl groups excluding tert-OH is 7. The van der Waals surface area contributed by atoms with Crippen LogP contribution in [-0.2, 0) is 19.0 Å². The summed E-state index contributed by atoms with van der Waals surface area (Å²) in [6, 6.07) is -2.36. The second-order valence-electron chi connectivity index (χ2n) is 7.68. The Balaban J connectivity index is 2.07. The van der Waals surface area contributed by atoms with Crippen LogP contribution in [0.2, 0.25) is 0 Å². The fourth-order valence-corrected chi connectivity index (χ4v) is 4.07. The van der Waals surface area contributed by atoms with Crippen molar-refractivity contribution in [2.75, 3.05) is 19.8 Å². The fraction of sp³-hybridized carbons (Fsp3) is 0.778. The van der Waals surface area contributed by atoms with Crippen molar-refractivity contribution in [1.29, 1.82) is 0 Å². The molecule has 3 aliphatic heterocycles. The zero-order chi connectivity index (χ0) is 23.7. The lowest BCUT2D eigenvalue weighted by Gasteiger charge is -2.45. The van der Waals surface area contributed by atoms with E-state index in [4.69, 9.17) is 14.2 Å². The maximum Gasteiger partial charge on any atom is 0.338 e. The average Bonchev–Trinajstić information content (AvgIpc) is 3.05. The number of hydrogen-bond donors (Lipinski definition) is 9. The van der Waals surface area contributed by atoms with Crippen LogP contribution in [0, 0.1) is 0 Å². The minimum atomic E-state index is -1.80. The number of hydrogen-bond acceptors (Lipinski definition) is 12. The van der Waals surface area contributed by atoms with Crippen molar-refractivity contribution >= 4 is 12.0 Å². The van der Waals surface area contributed by atoms with Crippen LogP contribution in [0.15, 0.2) is 11.3 Å². The maximum absolute atomic E-state index is 12.8. The molecule has 32 heavy (non-hydrogen) atoms. The highest BCUT2D eigenvalue weighted by Gasteiger charge is 2.53. The highest BCUT2D eigenvalue weighted by molar-refractivity contribution is 5.95. The van der Waals surface area contributed by atoms with E-state index in [-0.39, 0.29) is 17.9 Å². The molecule has 2 amide bonds. The lowest BCUT2D eigenvalue weighted by atomic mass is 9.85. The van der Waals surface area contributed by atoms with E-state index >= 15 is 0 Å². The van der Waals surface area contributed by atoms with E-state index in [0.29, 0.717) is 0 Å². The molecule has 9 N–H and O–H groups in total. The van der Waals surface area contributed by atoms with Crippen molar-refractivity contribution in [3.8, 4) is 0 Å². The summed E-state index contributed by atoms with van der Waals surface area (Å²) in [5.74, 6) is -0.991. The molecular weight excluding hydrogens is 436 g/mol. The number of urea groups is 1. The van der Waals surface area contributed by atoms with Crippen LogP contribution < -0.4 is 10.6 Å². The van der Waals surface area contributed by atoms with Crippen molar-refractivity contribution in [2.45, 2.75) is 67.9 Å². The highest BCUT2D eigenvalue weighted by atomic mass is 16.6. The van der Waals surface area contributed by atoms with E-state index in [9.17, 15) is 45.3 Å². The summed E-state index contributed by atoms with van der Waals surface area (Å²) in [6.07, 6.45) is -13.9. The first-order valence-electron chi connectivity index (χ1n) is 10.1. The molecule has 0 saturated carbocycles. The second kappa shape index (κ2) is 9.94. The lowest BCUT2D eigenvalue weighted by Crippen LogP contribution is -2.67. The molecule has 3 heterocycles. The molecule has 14 heteroatoms. The molecule has 182 valence electrons. The van der Waals surface area contributed by atoms with Crippen molar-refractivity contribution in [2.24, 2.45) is 0 Å². The third kappa shape index (κ3) is 4.33. The van der Waals surface area contributed by atoms with Gasteiger partial charge in [0.2, 0.25) is 0 Å². The smallest absolute Gasteiger partial charge is 0.338 e. The summed E-state index contributed by atoms with van der Waals surface area (Å²) < 4.78 is 16.0. The molecule has 10 atom stereocenters. The van der Waals surface area contributed by atoms with Crippen molar-refractivity contribution in [1.82, 2.24) is 10.6 Å². The molecule has 0 aromatic heterocycles. The van der Waals surface area contributed by atoms with E-state index in [2.05, 4.69) is 10.6 Å². The van der Waals surface area contributed by atoms with Gasteiger partial charge in [0.25, 0.3) is 0 Å². The summed E-state index contributed by atoms with van der Waals surface area (Å²) in [6.45, 7) is 0.0444. The Morgan fingerprint density at radius 3 is 2.09 bits per heavy atom. The van der Waals surface area contributed by atoms with Gasteiger partial charge in [-0.3, -0.25) is 0 Å². The monoisotopic (exact) mass is 464 g/mol. The zero-order valence-electron chi connectivity index (χ0n) is 17.1. The standard InChI is InChI=1S/C18H28N2O12/c1-2-30-17(28)7-8(15-13(26)11(24)6(4-22)32-15)19-18(29)20-9(7)16-14(27)12(25)10(23)5(3-21)31-16/h5-6,9-16,21-27H,2-4H2,1H3,(H2,19,20,29)/t5-,6-,9-,10-,11-,12+,13-,14+,15+,16+/m1/s1. The predicted octanol–water partition coefficient (Wildman–Crippen LogP) is -5.19. The van der Waals surface area contributed by atoms with Crippen LogP contribution in [0.5, 0.6) is 0 Å². The third-order valence-electron chi connectivity index (χ3n) is 5.72. The number of rotatable bonds is 6. The molecule has 0 radical (unpaired) electrons. The molecule has 0 aromatic rings. The van der Waals surface area contributed by atoms with Gasteiger partial charge in [-0.1, -0.05) is 0 Å². The van der Waals surface area contributed by atoms with E-state index in [0.717, 1.165) is 0 Å². The number of amides is 2. The Labute approximate surface area is 182 Å². The van der Waals surface area contributed by atoms with Gasteiger partial charge in [-0.2, -0.15) is 0 Å². The Hall–Kier alpha value is -1.88. The van der Waals surface area contributed by atoms with E-state index < -0.39 is 86.2 Å². The molecule has 0 unspecified atom stereocenters. The molecule has 3 rings (SSSR count). The van der Waals surface area contributed by atoms with Crippen LogP contribution in [-0.4, -0.2) is 129 Å². The number of aliphatic hydroxyl groups is 7. The zero-order valence-corrected chi connectivity index (χ0v) is 17.1. The minimum absolute atomic E-state index is 0.0824. The first kappa shape index (κ1) is 24.8. The Morgan fingerprint density at radius 2 is 1.53 bits per heavy atom. The molecule has 0 aliphatic carbocycles. The summed E-state index contributed by atoms with van der Waals surface area (Å²) in [4.78, 5) is 25.2. The first-order chi connectivity index (χ1) is 15.2. The molecule has 0 spiro atoms. The number of carbonyl (C=O) groups is 2. The Bertz CT molecular complexity index is 745. The number of esters is 1. The van der Waals surface area contributed by atoms with Crippen molar-refractivity contribution < 1.29 is 59.5 Å². The fourth-order valence-electron chi connectivity index (χ4n) is 4.07. The van der Waals surface area contributed by atoms with Gasteiger partial charge in [0.15, 0.2) is 0 Å². The number of carbonyl (C=O) groups excluding carboxylic acids is 2. The van der Waals surface area contributed by atoms with Gasteiger partial charge >= 0.3 is 12.0 Å². The van der Waals surface area contributed by atoms with Crippen LogP contribution in [0.3, 0.4) is 0 Å². The molecule has 14 nitrogen and oxygen atoms in total. The summed E-state index contributed by atoms with van der Waals surface area (Å²) in [5, 5.41) is 74.6. The molecule has 0 bridgehead atoms. The lowest BCUT2D eigenvalue weighted by molar-refractivity contribution is -0.233. The topological polar surface area (TPSA) is 227 Å². The van der Waals surface area contributed by atoms with E-state index in [1.807, 2.05) is 0 Å². The molecule has 2 fully saturated rings. The van der Waals surface area contributed by atoms with Crippen LogP contribution >= 0.6 is 0 Å². The van der Waals surface area contributed by atoms with Crippen molar-refractivity contribution in [3.63, 3.8) is 0 Å². The number of nitrogens with one attached hydrogen (secondary N) is 2. The molecule has 3 aliphatic rings. The minimum Gasteiger partial charge on any atom is -0.463 e. The number of ether oxygens (including phenoxy) is 3. The van der Waals surface area contributed by atoms with Gasteiger partial charge in [0.1, 0.15) is 54.9 Å². The van der Waals surface area contributed by atoms with Gasteiger partial charge in [-0.15, -0.1) is 0 Å². The van der Waals surface area contributed by atoms with Gasteiger partial charge in [0, 0.05) is 0 Å². The van der Waals surface area contributed by atoms with Crippen molar-refractivity contribution in [3.05, 3.63) is 11.3 Å². The quantitative estimate of drug-likeness (QED) is 0.168. The van der Waals surface area contributed by atoms with Gasteiger partial charge < -0.3 is 60.6 Å². The van der Waals surface area contributed by atoms with E-state index in [1.54, 1.807) is 0 Å². The Kier molecular flexibility index (Phi) is 7.69.